The van der Waals surface area contributed by atoms with Crippen LogP contribution in [0.5, 0.6) is 0 Å². The van der Waals surface area contributed by atoms with Crippen molar-refractivity contribution in [2.75, 3.05) is 0 Å². The summed E-state index contributed by atoms with van der Waals surface area (Å²) >= 11 is 0. The van der Waals surface area contributed by atoms with Crippen LogP contribution in [-0.2, 0) is 0 Å². The SMILES string of the molecule is [2H]c1c(-c2cccc3c2oc2cc(-c4ccc5ccccc5c4)ccc23)c([2H])c2c([2H])c([2H])c(-c3c4ccccc4c(-c4ccccc4)c4ccccc34)c([2H])c2c1[2H]. The highest BCUT2D eigenvalue weighted by Gasteiger charge is 2.18. The van der Waals surface area contributed by atoms with Crippen LogP contribution in [0.25, 0.3) is 110 Å². The number of fused-ring (bicyclic) bond motifs is 7. The predicted octanol–water partition coefficient (Wildman–Crippen LogP) is 14.9. The summed E-state index contributed by atoms with van der Waals surface area (Å²) in [4.78, 5) is 0. The molecule has 1 aromatic heterocycles. The van der Waals surface area contributed by atoms with Gasteiger partial charge in [-0.1, -0.05) is 164 Å². The first-order valence-corrected chi connectivity index (χ1v) is 17.8. The molecule has 1 nitrogen and oxygen atoms in total. The Kier molecular flexibility index (Phi) is 5.40. The van der Waals surface area contributed by atoms with Crippen LogP contribution >= 0.6 is 0 Å². The summed E-state index contributed by atoms with van der Waals surface area (Å²) in [6.07, 6.45) is 0. The van der Waals surface area contributed by atoms with Gasteiger partial charge in [-0.05, 0) is 112 Å². The van der Waals surface area contributed by atoms with Gasteiger partial charge < -0.3 is 4.42 Å². The van der Waals surface area contributed by atoms with Crippen molar-refractivity contribution in [2.24, 2.45) is 0 Å². The molecule has 0 saturated carbocycles. The van der Waals surface area contributed by atoms with Crippen molar-refractivity contribution in [1.29, 1.82) is 0 Å². The average molecular weight is 679 g/mol. The molecule has 1 heterocycles. The lowest BCUT2D eigenvalue weighted by molar-refractivity contribution is 0.670. The second-order valence-electron chi connectivity index (χ2n) is 13.5. The van der Waals surface area contributed by atoms with Crippen molar-refractivity contribution in [3.8, 4) is 44.5 Å². The number of benzene rings is 10. The van der Waals surface area contributed by atoms with E-state index in [1.165, 1.54) is 0 Å². The van der Waals surface area contributed by atoms with E-state index >= 15 is 0 Å². The fourth-order valence-corrected chi connectivity index (χ4v) is 7.99. The molecule has 11 aromatic rings. The van der Waals surface area contributed by atoms with Crippen LogP contribution in [0.1, 0.15) is 8.22 Å². The van der Waals surface area contributed by atoms with Crippen LogP contribution in [0.15, 0.2) is 198 Å². The normalized spacial score (nSPS) is 13.4. The number of furan rings is 1. The Bertz CT molecular complexity index is 3510. The van der Waals surface area contributed by atoms with Crippen LogP contribution in [0, 0.1) is 0 Å². The molecule has 10 aromatic carbocycles. The third kappa shape index (κ3) is 4.79. The smallest absolute Gasteiger partial charge is 0.143 e. The number of hydrogen-bond donors (Lipinski definition) is 0. The van der Waals surface area contributed by atoms with E-state index in [0.29, 0.717) is 22.3 Å². The van der Waals surface area contributed by atoms with Gasteiger partial charge in [0.05, 0.1) is 8.22 Å². The molecule has 11 rings (SSSR count). The average Bonchev–Trinajstić information content (AvgIpc) is 3.65. The minimum absolute atomic E-state index is 0.000899. The standard InChI is InChI=1S/C52H32O/c1-2-12-34(13-3-1)50-44-15-6-8-17-46(44)51(47-18-9-7-16-45(47)50)41-26-24-37-30-40(25-23-38(37)31-41)42-19-10-20-48-43-28-27-39(32-49(43)53-52(42)48)36-22-21-33-11-4-5-14-35(33)29-36/h1-32H/i23D,24D,25D,26D,30D,31D. The molecule has 53 heavy (non-hydrogen) atoms. The van der Waals surface area contributed by atoms with E-state index in [0.717, 1.165) is 65.3 Å². The zero-order valence-corrected chi connectivity index (χ0v) is 28.4. The van der Waals surface area contributed by atoms with Gasteiger partial charge in [0.1, 0.15) is 11.2 Å². The maximum Gasteiger partial charge on any atom is 0.143 e. The maximum atomic E-state index is 9.72. The highest BCUT2D eigenvalue weighted by atomic mass is 16.3. The van der Waals surface area contributed by atoms with Gasteiger partial charge >= 0.3 is 0 Å². The Balaban J connectivity index is 1.14. The molecule has 0 atom stereocenters. The minimum atomic E-state index is -0.271. The Morgan fingerprint density at radius 1 is 0.340 bits per heavy atom. The number of rotatable bonds is 4. The monoisotopic (exact) mass is 678 g/mol. The largest absolute Gasteiger partial charge is 0.455 e. The lowest BCUT2D eigenvalue weighted by atomic mass is 9.85. The highest BCUT2D eigenvalue weighted by molar-refractivity contribution is 6.22. The molecule has 1 heteroatoms. The molecule has 0 fully saturated rings. The van der Waals surface area contributed by atoms with Crippen LogP contribution < -0.4 is 0 Å². The highest BCUT2D eigenvalue weighted by Crippen LogP contribution is 2.44. The Hall–Kier alpha value is -6.96. The molecule has 246 valence electrons. The number of para-hydroxylation sites is 1. The van der Waals surface area contributed by atoms with E-state index in [2.05, 4.69) is 48.5 Å². The molecule has 0 spiro atoms. The molecule has 0 amide bonds. The summed E-state index contributed by atoms with van der Waals surface area (Å²) in [6.45, 7) is 0. The first kappa shape index (κ1) is 24.3. The van der Waals surface area contributed by atoms with Crippen molar-refractivity contribution < 1.29 is 12.6 Å². The fourth-order valence-electron chi connectivity index (χ4n) is 7.99. The molecule has 0 aliphatic heterocycles. The van der Waals surface area contributed by atoms with Crippen molar-refractivity contribution in [3.05, 3.63) is 194 Å². The molecule has 0 bridgehead atoms. The molecule has 0 unspecified atom stereocenters. The minimum Gasteiger partial charge on any atom is -0.455 e. The van der Waals surface area contributed by atoms with E-state index in [-0.39, 0.29) is 58.2 Å². The fraction of sp³-hybridized carbons (Fsp3) is 0. The Morgan fingerprint density at radius 2 is 0.906 bits per heavy atom. The second kappa shape index (κ2) is 11.8. The third-order valence-corrected chi connectivity index (χ3v) is 10.5. The summed E-state index contributed by atoms with van der Waals surface area (Å²) in [5, 5.41) is 7.48. The summed E-state index contributed by atoms with van der Waals surface area (Å²) < 4.78 is 63.8. The van der Waals surface area contributed by atoms with Crippen LogP contribution in [0.4, 0.5) is 0 Å². The first-order chi connectivity index (χ1) is 28.8. The maximum absolute atomic E-state index is 9.72. The Labute approximate surface area is 315 Å². The topological polar surface area (TPSA) is 13.1 Å². The summed E-state index contributed by atoms with van der Waals surface area (Å²) in [5.41, 5.74) is 6.63. The van der Waals surface area contributed by atoms with E-state index in [1.807, 2.05) is 103 Å². The van der Waals surface area contributed by atoms with E-state index < -0.39 is 0 Å². The van der Waals surface area contributed by atoms with E-state index in [4.69, 9.17) is 4.42 Å². The lowest BCUT2D eigenvalue weighted by Gasteiger charge is -2.18. The Morgan fingerprint density at radius 3 is 1.64 bits per heavy atom. The van der Waals surface area contributed by atoms with E-state index in [9.17, 15) is 8.22 Å². The second-order valence-corrected chi connectivity index (χ2v) is 13.5. The van der Waals surface area contributed by atoms with Crippen LogP contribution in [0.3, 0.4) is 0 Å². The van der Waals surface area contributed by atoms with Gasteiger partial charge in [-0.2, -0.15) is 0 Å². The number of hydrogen-bond acceptors (Lipinski definition) is 1. The quantitative estimate of drug-likeness (QED) is 0.169. The van der Waals surface area contributed by atoms with Gasteiger partial charge in [0, 0.05) is 16.3 Å². The van der Waals surface area contributed by atoms with Gasteiger partial charge in [0.25, 0.3) is 0 Å². The molecule has 0 aliphatic rings. The third-order valence-electron chi connectivity index (χ3n) is 10.5. The molecular weight excluding hydrogens is 641 g/mol. The predicted molar refractivity (Wildman–Crippen MR) is 225 cm³/mol. The van der Waals surface area contributed by atoms with Gasteiger partial charge in [-0.25, -0.2) is 0 Å². The van der Waals surface area contributed by atoms with Gasteiger partial charge in [0.15, 0.2) is 0 Å². The first-order valence-electron chi connectivity index (χ1n) is 20.8. The van der Waals surface area contributed by atoms with Crippen molar-refractivity contribution >= 4 is 65.0 Å². The summed E-state index contributed by atoms with van der Waals surface area (Å²) in [5.74, 6) is 0. The van der Waals surface area contributed by atoms with Crippen LogP contribution in [-0.4, -0.2) is 0 Å². The zero-order chi connectivity index (χ0) is 40.1. The molecule has 0 radical (unpaired) electrons. The summed E-state index contributed by atoms with van der Waals surface area (Å²) in [6, 6.07) is 50.9. The van der Waals surface area contributed by atoms with Crippen molar-refractivity contribution in [1.82, 2.24) is 0 Å². The van der Waals surface area contributed by atoms with Crippen LogP contribution in [0.2, 0.25) is 0 Å². The van der Waals surface area contributed by atoms with Gasteiger partial charge in [0.2, 0.25) is 0 Å². The molecular formula is C52H32O. The lowest BCUT2D eigenvalue weighted by Crippen LogP contribution is -1.90. The van der Waals surface area contributed by atoms with Gasteiger partial charge in [-0.3, -0.25) is 0 Å². The van der Waals surface area contributed by atoms with Crippen molar-refractivity contribution in [2.45, 2.75) is 0 Å². The molecule has 0 saturated heterocycles. The summed E-state index contributed by atoms with van der Waals surface area (Å²) in [7, 11) is 0. The zero-order valence-electron chi connectivity index (χ0n) is 34.4. The van der Waals surface area contributed by atoms with E-state index in [1.54, 1.807) is 6.07 Å². The molecule has 0 aliphatic carbocycles. The van der Waals surface area contributed by atoms with Crippen molar-refractivity contribution in [3.63, 3.8) is 0 Å². The van der Waals surface area contributed by atoms with Gasteiger partial charge in [-0.15, -0.1) is 0 Å². The molecule has 0 N–H and O–H groups in total.